The van der Waals surface area contributed by atoms with Gasteiger partial charge in [0.2, 0.25) is 0 Å². The van der Waals surface area contributed by atoms with E-state index >= 15 is 0 Å². The van der Waals surface area contributed by atoms with Gasteiger partial charge in [-0.1, -0.05) is 45.3 Å². The number of esters is 1. The molecule has 0 bridgehead atoms. The van der Waals surface area contributed by atoms with Gasteiger partial charge in [-0.25, -0.2) is 0 Å². The fourth-order valence-corrected chi connectivity index (χ4v) is 1.62. The molecule has 0 aliphatic rings. The molecule has 1 N–H and O–H groups in total. The molecule has 0 aromatic carbocycles. The Bertz CT molecular complexity index is 224. The molecule has 0 amide bonds. The van der Waals surface area contributed by atoms with Crippen molar-refractivity contribution in [2.45, 2.75) is 58.5 Å². The minimum absolute atomic E-state index is 0.225. The molecule has 0 fully saturated rings. The van der Waals surface area contributed by atoms with Crippen LogP contribution >= 0.6 is 0 Å². The molecule has 0 saturated heterocycles. The second-order valence-electron chi connectivity index (χ2n) is 4.53. The van der Waals surface area contributed by atoms with Gasteiger partial charge in [-0.05, 0) is 18.8 Å². The van der Waals surface area contributed by atoms with Gasteiger partial charge in [0.1, 0.15) is 0 Å². The van der Waals surface area contributed by atoms with Gasteiger partial charge >= 0.3 is 5.97 Å². The van der Waals surface area contributed by atoms with Crippen LogP contribution in [0, 0.1) is 5.92 Å². The molecule has 2 atom stereocenters. The number of aliphatic hydroxyl groups is 1. The van der Waals surface area contributed by atoms with Gasteiger partial charge in [-0.3, -0.25) is 4.79 Å². The van der Waals surface area contributed by atoms with Crippen molar-refractivity contribution in [3.05, 3.63) is 12.2 Å². The average molecular weight is 242 g/mol. The first-order valence-electron chi connectivity index (χ1n) is 6.51. The van der Waals surface area contributed by atoms with E-state index in [1.54, 1.807) is 6.08 Å². The number of carbonyl (C=O) groups is 1. The molecule has 17 heavy (non-hydrogen) atoms. The highest BCUT2D eigenvalue weighted by atomic mass is 16.5. The van der Waals surface area contributed by atoms with Crippen LogP contribution in [-0.4, -0.2) is 24.3 Å². The van der Waals surface area contributed by atoms with E-state index in [0.29, 0.717) is 6.42 Å². The van der Waals surface area contributed by atoms with Crippen LogP contribution in [0.4, 0.5) is 0 Å². The van der Waals surface area contributed by atoms with Crippen molar-refractivity contribution in [2.75, 3.05) is 7.11 Å². The molecule has 0 rings (SSSR count). The van der Waals surface area contributed by atoms with Crippen LogP contribution in [0.3, 0.4) is 0 Å². The minimum atomic E-state index is -0.232. The molecule has 0 aliphatic carbocycles. The van der Waals surface area contributed by atoms with Crippen molar-refractivity contribution in [3.8, 4) is 0 Å². The summed E-state index contributed by atoms with van der Waals surface area (Å²) in [6.07, 6.45) is 8.98. The van der Waals surface area contributed by atoms with Gasteiger partial charge in [0.25, 0.3) is 0 Å². The van der Waals surface area contributed by atoms with Crippen molar-refractivity contribution >= 4 is 5.97 Å². The number of hydrogen-bond donors (Lipinski definition) is 1. The van der Waals surface area contributed by atoms with Gasteiger partial charge in [-0.2, -0.15) is 0 Å². The smallest absolute Gasteiger partial charge is 0.309 e. The van der Waals surface area contributed by atoms with Crippen LogP contribution < -0.4 is 0 Å². The maximum Gasteiger partial charge on any atom is 0.309 e. The first-order valence-corrected chi connectivity index (χ1v) is 6.51. The van der Waals surface area contributed by atoms with Gasteiger partial charge in [0.05, 0.1) is 19.6 Å². The molecule has 0 heterocycles. The standard InChI is InChI=1S/C14H26O3/c1-4-5-6-10-13(15)12(2)9-7-8-11-14(16)17-3/h7-8,12-13,15H,4-6,9-11H2,1-3H3/b8-7+. The average Bonchev–Trinajstić information content (AvgIpc) is 2.34. The third kappa shape index (κ3) is 8.93. The zero-order chi connectivity index (χ0) is 13.1. The molecule has 2 unspecified atom stereocenters. The van der Waals surface area contributed by atoms with E-state index in [-0.39, 0.29) is 18.0 Å². The summed E-state index contributed by atoms with van der Waals surface area (Å²) in [6, 6.07) is 0. The first-order chi connectivity index (χ1) is 8.11. The van der Waals surface area contributed by atoms with E-state index in [4.69, 9.17) is 0 Å². The Morgan fingerprint density at radius 2 is 2.06 bits per heavy atom. The molecule has 3 heteroatoms. The molecule has 3 nitrogen and oxygen atoms in total. The number of methoxy groups -OCH3 is 1. The lowest BCUT2D eigenvalue weighted by Gasteiger charge is -2.16. The maximum atomic E-state index is 10.8. The van der Waals surface area contributed by atoms with Gasteiger partial charge in [-0.15, -0.1) is 0 Å². The normalized spacial score (nSPS) is 14.8. The van der Waals surface area contributed by atoms with Crippen LogP contribution in [0.1, 0.15) is 52.4 Å². The number of rotatable bonds is 9. The number of allylic oxidation sites excluding steroid dienone is 1. The number of aliphatic hydroxyl groups excluding tert-OH is 1. The zero-order valence-electron chi connectivity index (χ0n) is 11.3. The SMILES string of the molecule is CCCCCC(O)C(C)C/C=C/CC(=O)OC. The first kappa shape index (κ1) is 16.2. The summed E-state index contributed by atoms with van der Waals surface area (Å²) in [4.78, 5) is 10.8. The fourth-order valence-electron chi connectivity index (χ4n) is 1.62. The van der Waals surface area contributed by atoms with Crippen LogP contribution in [-0.2, 0) is 9.53 Å². The van der Waals surface area contributed by atoms with Crippen LogP contribution in [0.25, 0.3) is 0 Å². The molecule has 0 radical (unpaired) electrons. The summed E-state index contributed by atoms with van der Waals surface area (Å²) in [5.41, 5.74) is 0. The number of hydrogen-bond acceptors (Lipinski definition) is 3. The maximum absolute atomic E-state index is 10.8. The van der Waals surface area contributed by atoms with Crippen molar-refractivity contribution in [1.82, 2.24) is 0 Å². The largest absolute Gasteiger partial charge is 0.469 e. The summed E-state index contributed by atoms with van der Waals surface area (Å²) < 4.78 is 4.53. The monoisotopic (exact) mass is 242 g/mol. The summed E-state index contributed by atoms with van der Waals surface area (Å²) in [5.74, 6) is 0.0261. The van der Waals surface area contributed by atoms with Gasteiger partial charge in [0, 0.05) is 0 Å². The highest BCUT2D eigenvalue weighted by molar-refractivity contribution is 5.70. The van der Waals surface area contributed by atoms with E-state index in [0.717, 1.165) is 19.3 Å². The van der Waals surface area contributed by atoms with Crippen molar-refractivity contribution < 1.29 is 14.6 Å². The molecular weight excluding hydrogens is 216 g/mol. The third-order valence-corrected chi connectivity index (χ3v) is 2.95. The summed E-state index contributed by atoms with van der Waals surface area (Å²) in [5, 5.41) is 9.87. The van der Waals surface area contributed by atoms with E-state index in [1.807, 2.05) is 13.0 Å². The number of carbonyl (C=O) groups excluding carboxylic acids is 1. The van der Waals surface area contributed by atoms with E-state index in [2.05, 4.69) is 11.7 Å². The summed E-state index contributed by atoms with van der Waals surface area (Å²) in [7, 11) is 1.39. The highest BCUT2D eigenvalue weighted by Gasteiger charge is 2.11. The van der Waals surface area contributed by atoms with Crippen molar-refractivity contribution in [1.29, 1.82) is 0 Å². The van der Waals surface area contributed by atoms with Crippen LogP contribution in [0.2, 0.25) is 0 Å². The van der Waals surface area contributed by atoms with Crippen molar-refractivity contribution in [2.24, 2.45) is 5.92 Å². The lowest BCUT2D eigenvalue weighted by molar-refractivity contribution is -0.139. The molecule has 0 saturated carbocycles. The summed E-state index contributed by atoms with van der Waals surface area (Å²) in [6.45, 7) is 4.20. The van der Waals surface area contributed by atoms with Gasteiger partial charge in [0.15, 0.2) is 0 Å². The second kappa shape index (κ2) is 10.3. The zero-order valence-corrected chi connectivity index (χ0v) is 11.3. The third-order valence-electron chi connectivity index (χ3n) is 2.95. The van der Waals surface area contributed by atoms with Crippen molar-refractivity contribution in [3.63, 3.8) is 0 Å². The van der Waals surface area contributed by atoms with E-state index in [1.165, 1.54) is 20.0 Å². The lowest BCUT2D eigenvalue weighted by Crippen LogP contribution is -2.16. The molecule has 0 spiro atoms. The Balaban J connectivity index is 3.69. The Hall–Kier alpha value is -0.830. The lowest BCUT2D eigenvalue weighted by atomic mass is 9.96. The number of unbranched alkanes of at least 4 members (excludes halogenated alkanes) is 2. The van der Waals surface area contributed by atoms with Crippen LogP contribution in [0.15, 0.2) is 12.2 Å². The predicted octanol–water partition coefficient (Wildman–Crippen LogP) is 3.07. The quantitative estimate of drug-likeness (QED) is 0.384. The minimum Gasteiger partial charge on any atom is -0.469 e. The van der Waals surface area contributed by atoms with E-state index in [9.17, 15) is 9.90 Å². The molecule has 0 aromatic rings. The Morgan fingerprint density at radius 1 is 1.35 bits per heavy atom. The second-order valence-corrected chi connectivity index (χ2v) is 4.53. The topological polar surface area (TPSA) is 46.5 Å². The molecule has 0 aliphatic heterocycles. The molecular formula is C14H26O3. The van der Waals surface area contributed by atoms with Crippen LogP contribution in [0.5, 0.6) is 0 Å². The van der Waals surface area contributed by atoms with Gasteiger partial charge < -0.3 is 9.84 Å². The molecule has 0 aromatic heterocycles. The Labute approximate surface area is 105 Å². The van der Waals surface area contributed by atoms with E-state index < -0.39 is 0 Å². The Morgan fingerprint density at radius 3 is 2.65 bits per heavy atom. The highest BCUT2D eigenvalue weighted by Crippen LogP contribution is 2.15. The predicted molar refractivity (Wildman–Crippen MR) is 69.7 cm³/mol. The number of ether oxygens (including phenoxy) is 1. The summed E-state index contributed by atoms with van der Waals surface area (Å²) >= 11 is 0. The molecule has 100 valence electrons. The fraction of sp³-hybridized carbons (Fsp3) is 0.786. The Kier molecular flexibility index (Phi) is 9.83.